The van der Waals surface area contributed by atoms with E-state index in [1.54, 1.807) is 26.2 Å². The van der Waals surface area contributed by atoms with E-state index in [-0.39, 0.29) is 11.4 Å². The molecule has 3 aromatic rings. The van der Waals surface area contributed by atoms with Gasteiger partial charge in [-0.05, 0) is 23.3 Å². The summed E-state index contributed by atoms with van der Waals surface area (Å²) in [6.07, 6.45) is 0.750. The highest BCUT2D eigenvalue weighted by Gasteiger charge is 2.20. The van der Waals surface area contributed by atoms with Crippen LogP contribution in [0.15, 0.2) is 53.6 Å². The first-order valence-electron chi connectivity index (χ1n) is 9.19. The summed E-state index contributed by atoms with van der Waals surface area (Å²) >= 11 is 13.4. The summed E-state index contributed by atoms with van der Waals surface area (Å²) in [5.41, 5.74) is 8.73. The van der Waals surface area contributed by atoms with E-state index in [2.05, 4.69) is 17.1 Å². The molecule has 32 heavy (non-hydrogen) atoms. The van der Waals surface area contributed by atoms with Crippen LogP contribution in [0.3, 0.4) is 0 Å². The van der Waals surface area contributed by atoms with Gasteiger partial charge in [0.25, 0.3) is 0 Å². The van der Waals surface area contributed by atoms with Crippen LogP contribution in [0.2, 0.25) is 10.0 Å². The van der Waals surface area contributed by atoms with E-state index >= 15 is 0 Å². The number of carbonyl (C=O) groups excluding carboxylic acids is 1. The van der Waals surface area contributed by atoms with Crippen molar-refractivity contribution in [3.05, 3.63) is 75.3 Å². The van der Waals surface area contributed by atoms with E-state index in [0.29, 0.717) is 32.0 Å². The fourth-order valence-corrected chi connectivity index (χ4v) is 3.84. The van der Waals surface area contributed by atoms with E-state index in [4.69, 9.17) is 28.9 Å². The van der Waals surface area contributed by atoms with Crippen molar-refractivity contribution in [2.75, 3.05) is 19.8 Å². The lowest BCUT2D eigenvalue weighted by Gasteiger charge is -2.13. The molecule has 1 amide bonds. The molecule has 0 radical (unpaired) electrons. The Morgan fingerprint density at radius 1 is 1.06 bits per heavy atom. The number of hydrogen-bond donors (Lipinski definition) is 1. The third kappa shape index (κ3) is 6.38. The molecule has 2 N–H and O–H groups in total. The summed E-state index contributed by atoms with van der Waals surface area (Å²) in [6.45, 7) is 0. The number of benzene rings is 2. The number of amides is 1. The Labute approximate surface area is 201 Å². The highest BCUT2D eigenvalue weighted by molar-refractivity contribution is 7.98. The van der Waals surface area contributed by atoms with Gasteiger partial charge in [-0.3, -0.25) is 4.79 Å². The average Bonchev–Trinajstić information content (AvgIpc) is 2.80. The van der Waals surface area contributed by atoms with Gasteiger partial charge in [0.15, 0.2) is 0 Å². The molecule has 0 aliphatic carbocycles. The molecule has 0 saturated heterocycles. The van der Waals surface area contributed by atoms with Gasteiger partial charge in [-0.25, -0.2) is 4.98 Å². The fourth-order valence-electron chi connectivity index (χ4n) is 2.58. The van der Waals surface area contributed by atoms with Crippen LogP contribution in [-0.2, 0) is 10.5 Å². The van der Waals surface area contributed by atoms with E-state index in [1.165, 1.54) is 16.7 Å². The Morgan fingerprint density at radius 2 is 1.69 bits per heavy atom. The second kappa shape index (κ2) is 12.0. The van der Waals surface area contributed by atoms with Gasteiger partial charge in [0.1, 0.15) is 28.5 Å². The number of rotatable bonds is 5. The minimum absolute atomic E-state index is 0.104. The second-order valence-electron chi connectivity index (χ2n) is 6.62. The summed E-state index contributed by atoms with van der Waals surface area (Å²) in [5, 5.41) is 20.7. The lowest BCUT2D eigenvalue weighted by molar-refractivity contribution is -0.115. The Morgan fingerprint density at radius 3 is 2.22 bits per heavy atom. The zero-order valence-electron chi connectivity index (χ0n) is 17.3. The van der Waals surface area contributed by atoms with Crippen LogP contribution in [0.1, 0.15) is 16.7 Å². The van der Waals surface area contributed by atoms with Crippen molar-refractivity contribution in [3.63, 3.8) is 0 Å². The summed E-state index contributed by atoms with van der Waals surface area (Å²) in [7, 11) is 3.38. The fraction of sp³-hybridized carbons (Fsp3) is 0.130. The lowest BCUT2D eigenvalue weighted by atomic mass is 9.97. The number of hydrogen-bond acceptors (Lipinski definition) is 6. The molecule has 2 aromatic carbocycles. The number of nitrogens with zero attached hydrogens (tertiary/aromatic N) is 4. The number of nitrogen functional groups attached to an aromatic ring is 1. The number of nitriles is 2. The van der Waals surface area contributed by atoms with Crippen molar-refractivity contribution in [2.45, 2.75) is 10.8 Å². The predicted molar refractivity (Wildman–Crippen MR) is 129 cm³/mol. The molecule has 0 bridgehead atoms. The summed E-state index contributed by atoms with van der Waals surface area (Å²) < 4.78 is 0. The monoisotopic (exact) mass is 483 g/mol. The average molecular weight is 484 g/mol. The molecule has 0 aliphatic heterocycles. The molecule has 0 atom stereocenters. The zero-order valence-corrected chi connectivity index (χ0v) is 19.7. The number of aromatic nitrogens is 1. The number of thioether (sulfide) groups is 1. The van der Waals surface area contributed by atoms with E-state index < -0.39 is 0 Å². The molecule has 0 fully saturated rings. The van der Waals surface area contributed by atoms with Crippen LogP contribution in [0.4, 0.5) is 5.82 Å². The third-order valence-electron chi connectivity index (χ3n) is 4.05. The first kappa shape index (κ1) is 25.0. The number of nitrogens with two attached hydrogens (primary N) is 1. The lowest BCUT2D eigenvalue weighted by Crippen LogP contribution is -2.06. The molecule has 0 unspecified atom stereocenters. The van der Waals surface area contributed by atoms with Gasteiger partial charge in [0, 0.05) is 25.4 Å². The maximum Gasteiger partial charge on any atom is 0.209 e. The Bertz CT molecular complexity index is 1190. The van der Waals surface area contributed by atoms with Crippen LogP contribution < -0.4 is 5.73 Å². The van der Waals surface area contributed by atoms with Gasteiger partial charge in [0.05, 0.1) is 15.6 Å². The Balaban J connectivity index is 0.000000654. The van der Waals surface area contributed by atoms with Crippen LogP contribution in [0.5, 0.6) is 0 Å². The van der Waals surface area contributed by atoms with Gasteiger partial charge < -0.3 is 10.6 Å². The van der Waals surface area contributed by atoms with Crippen molar-refractivity contribution in [2.24, 2.45) is 0 Å². The minimum atomic E-state index is 0.104. The molecule has 1 aromatic heterocycles. The highest BCUT2D eigenvalue weighted by atomic mass is 35.5. The van der Waals surface area contributed by atoms with E-state index in [1.807, 2.05) is 36.4 Å². The molecule has 9 heteroatoms. The first-order chi connectivity index (χ1) is 15.3. The molecule has 162 valence electrons. The van der Waals surface area contributed by atoms with Gasteiger partial charge >= 0.3 is 0 Å². The Hall–Kier alpha value is -3.23. The summed E-state index contributed by atoms with van der Waals surface area (Å²) in [4.78, 5) is 15.2. The quantitative estimate of drug-likeness (QED) is 0.385. The van der Waals surface area contributed by atoms with Gasteiger partial charge in [-0.1, -0.05) is 59.6 Å². The summed E-state index contributed by atoms with van der Waals surface area (Å²) in [6, 6.07) is 18.8. The molecular weight excluding hydrogens is 465 g/mol. The van der Waals surface area contributed by atoms with Gasteiger partial charge in [-0.2, -0.15) is 10.5 Å². The molecule has 6 nitrogen and oxygen atoms in total. The number of carbonyl (C=O) groups is 1. The van der Waals surface area contributed by atoms with E-state index in [9.17, 15) is 15.3 Å². The van der Waals surface area contributed by atoms with Gasteiger partial charge in [-0.15, -0.1) is 11.8 Å². The molecule has 0 spiro atoms. The Kier molecular flexibility index (Phi) is 9.37. The van der Waals surface area contributed by atoms with Crippen LogP contribution in [0.25, 0.3) is 11.1 Å². The predicted octanol–water partition coefficient (Wildman–Crippen LogP) is 5.38. The first-order valence-corrected chi connectivity index (χ1v) is 10.9. The molecule has 3 rings (SSSR count). The van der Waals surface area contributed by atoms with Crippen molar-refractivity contribution in [1.29, 1.82) is 10.5 Å². The number of halogens is 2. The van der Waals surface area contributed by atoms with Gasteiger partial charge in [0.2, 0.25) is 6.41 Å². The van der Waals surface area contributed by atoms with Crippen LogP contribution >= 0.6 is 35.0 Å². The second-order valence-corrected chi connectivity index (χ2v) is 8.40. The third-order valence-corrected chi connectivity index (χ3v) is 5.83. The van der Waals surface area contributed by atoms with Crippen LogP contribution in [0, 0.1) is 22.7 Å². The molecular formula is C23H19Cl2N5OS. The van der Waals surface area contributed by atoms with Crippen LogP contribution in [-0.4, -0.2) is 30.4 Å². The number of pyridine rings is 1. The van der Waals surface area contributed by atoms with E-state index in [0.717, 1.165) is 17.5 Å². The zero-order chi connectivity index (χ0) is 23.7. The standard InChI is InChI=1S/C20H12Cl2N4S.C3H7NO/c21-16-7-6-12(8-17(16)22)11-27-20-15(10-24)18(13-4-2-1-3-5-13)14(9-23)19(25)26-20;1-4(2)3-5/h1-8H,11H2,(H2,25,26);3H,1-2H3. The van der Waals surface area contributed by atoms with Crippen molar-refractivity contribution >= 4 is 47.2 Å². The largest absolute Gasteiger partial charge is 0.383 e. The van der Waals surface area contributed by atoms with Crippen molar-refractivity contribution in [3.8, 4) is 23.3 Å². The smallest absolute Gasteiger partial charge is 0.209 e. The SMILES string of the molecule is CN(C)C=O.N#Cc1c(N)nc(SCc2ccc(Cl)c(Cl)c2)c(C#N)c1-c1ccccc1. The minimum Gasteiger partial charge on any atom is -0.383 e. The van der Waals surface area contributed by atoms with Crippen molar-refractivity contribution in [1.82, 2.24) is 9.88 Å². The molecule has 0 aliphatic rings. The maximum atomic E-state index is 9.76. The molecule has 0 saturated carbocycles. The topological polar surface area (TPSA) is 107 Å². The summed E-state index contributed by atoms with van der Waals surface area (Å²) in [5.74, 6) is 0.630. The highest BCUT2D eigenvalue weighted by Crippen LogP contribution is 2.36. The van der Waals surface area contributed by atoms with Crippen molar-refractivity contribution < 1.29 is 4.79 Å². The number of anilines is 1. The molecule has 1 heterocycles. The maximum absolute atomic E-state index is 9.76. The normalized spacial score (nSPS) is 9.69.